The summed E-state index contributed by atoms with van der Waals surface area (Å²) in [6.07, 6.45) is 2.56. The molecule has 0 radical (unpaired) electrons. The molecule has 4 heteroatoms. The molecule has 0 amide bonds. The van der Waals surface area contributed by atoms with E-state index in [-0.39, 0.29) is 0 Å². The van der Waals surface area contributed by atoms with Crippen LogP contribution in [-0.4, -0.2) is 16.5 Å². The second-order valence-corrected chi connectivity index (χ2v) is 4.08. The topological polar surface area (TPSA) is 64.9 Å². The Labute approximate surface area is 104 Å². The van der Waals surface area contributed by atoms with E-state index in [1.165, 1.54) is 5.56 Å². The van der Waals surface area contributed by atoms with Gasteiger partial charge in [0.15, 0.2) is 11.2 Å². The fraction of sp³-hybridized carbons (Fsp3) is 0.143. The molecule has 0 aliphatic carbocycles. The third kappa shape index (κ3) is 1.98. The van der Waals surface area contributed by atoms with Crippen molar-refractivity contribution in [3.63, 3.8) is 0 Å². The molecule has 90 valence electrons. The number of hydrogen-bond donors (Lipinski definition) is 1. The van der Waals surface area contributed by atoms with Crippen LogP contribution in [0.2, 0.25) is 0 Å². The van der Waals surface area contributed by atoms with E-state index in [0.717, 1.165) is 12.0 Å². The van der Waals surface area contributed by atoms with Crippen molar-refractivity contribution in [2.45, 2.75) is 6.42 Å². The second-order valence-electron chi connectivity index (χ2n) is 4.08. The summed E-state index contributed by atoms with van der Waals surface area (Å²) in [5.41, 5.74) is 9.05. The second kappa shape index (κ2) is 4.58. The third-order valence-corrected chi connectivity index (χ3v) is 2.77. The number of nitrogens with zero attached hydrogens (tertiary/aromatic N) is 2. The first-order valence-electron chi connectivity index (χ1n) is 5.88. The summed E-state index contributed by atoms with van der Waals surface area (Å²) in [5, 5.41) is 0. The van der Waals surface area contributed by atoms with Gasteiger partial charge in [0.25, 0.3) is 0 Å². The van der Waals surface area contributed by atoms with E-state index in [0.29, 0.717) is 23.7 Å². The highest BCUT2D eigenvalue weighted by molar-refractivity contribution is 5.72. The van der Waals surface area contributed by atoms with Crippen LogP contribution < -0.4 is 5.73 Å². The standard InChI is InChI=1S/C14H13N3O/c15-7-6-10-3-1-4-11(9-10)14-17-13-12(18-14)5-2-8-16-13/h1-5,8-9H,6-7,15H2. The van der Waals surface area contributed by atoms with Crippen LogP contribution >= 0.6 is 0 Å². The fourth-order valence-electron chi connectivity index (χ4n) is 1.92. The third-order valence-electron chi connectivity index (χ3n) is 2.77. The van der Waals surface area contributed by atoms with Crippen molar-refractivity contribution >= 4 is 11.2 Å². The van der Waals surface area contributed by atoms with E-state index < -0.39 is 0 Å². The zero-order valence-corrected chi connectivity index (χ0v) is 9.84. The van der Waals surface area contributed by atoms with Gasteiger partial charge in [-0.2, -0.15) is 4.98 Å². The summed E-state index contributed by atoms with van der Waals surface area (Å²) in [5.74, 6) is 0.600. The van der Waals surface area contributed by atoms with Gasteiger partial charge in [0.1, 0.15) is 0 Å². The Kier molecular flexibility index (Phi) is 2.78. The van der Waals surface area contributed by atoms with E-state index in [2.05, 4.69) is 22.1 Å². The molecule has 0 unspecified atom stereocenters. The number of nitrogens with two attached hydrogens (primary N) is 1. The maximum atomic E-state index is 5.68. The molecule has 2 heterocycles. The first-order valence-corrected chi connectivity index (χ1v) is 5.88. The lowest BCUT2D eigenvalue weighted by atomic mass is 10.1. The minimum absolute atomic E-state index is 0.600. The van der Waals surface area contributed by atoms with Crippen LogP contribution in [0.1, 0.15) is 5.56 Å². The minimum atomic E-state index is 0.600. The summed E-state index contributed by atoms with van der Waals surface area (Å²) in [6, 6.07) is 11.8. The van der Waals surface area contributed by atoms with Crippen molar-refractivity contribution in [2.24, 2.45) is 5.73 Å². The molecule has 3 rings (SSSR count). The van der Waals surface area contributed by atoms with Gasteiger partial charge in [-0.25, -0.2) is 4.98 Å². The Morgan fingerprint density at radius 3 is 2.94 bits per heavy atom. The number of benzene rings is 1. The Balaban J connectivity index is 2.05. The molecule has 1 aromatic carbocycles. The van der Waals surface area contributed by atoms with Crippen LogP contribution in [0.25, 0.3) is 22.7 Å². The number of pyridine rings is 1. The summed E-state index contributed by atoms with van der Waals surface area (Å²) in [7, 11) is 0. The van der Waals surface area contributed by atoms with E-state index in [1.807, 2.05) is 24.3 Å². The van der Waals surface area contributed by atoms with Gasteiger partial charge < -0.3 is 10.2 Å². The lowest BCUT2D eigenvalue weighted by Crippen LogP contribution is -2.02. The molecule has 0 saturated heterocycles. The summed E-state index contributed by atoms with van der Waals surface area (Å²) >= 11 is 0. The Morgan fingerprint density at radius 1 is 1.17 bits per heavy atom. The summed E-state index contributed by atoms with van der Waals surface area (Å²) in [6.45, 7) is 0.637. The van der Waals surface area contributed by atoms with Crippen LogP contribution in [0.5, 0.6) is 0 Å². The van der Waals surface area contributed by atoms with Crippen LogP contribution in [0.3, 0.4) is 0 Å². The molecule has 0 bridgehead atoms. The average molecular weight is 239 g/mol. The maximum Gasteiger partial charge on any atom is 0.228 e. The first kappa shape index (κ1) is 10.9. The quantitative estimate of drug-likeness (QED) is 0.762. The van der Waals surface area contributed by atoms with Crippen molar-refractivity contribution in [1.82, 2.24) is 9.97 Å². The van der Waals surface area contributed by atoms with Gasteiger partial charge in [-0.1, -0.05) is 12.1 Å². The van der Waals surface area contributed by atoms with Crippen LogP contribution in [0.4, 0.5) is 0 Å². The number of rotatable bonds is 3. The van der Waals surface area contributed by atoms with Gasteiger partial charge in [0, 0.05) is 11.8 Å². The Morgan fingerprint density at radius 2 is 2.11 bits per heavy atom. The normalized spacial score (nSPS) is 10.9. The number of fused-ring (bicyclic) bond motifs is 1. The average Bonchev–Trinajstić information content (AvgIpc) is 2.83. The monoisotopic (exact) mass is 239 g/mol. The van der Waals surface area contributed by atoms with Crippen molar-refractivity contribution in [1.29, 1.82) is 0 Å². The number of aromatic nitrogens is 2. The lowest BCUT2D eigenvalue weighted by Gasteiger charge is -2.00. The number of oxazole rings is 1. The molecular formula is C14H13N3O. The van der Waals surface area contributed by atoms with Gasteiger partial charge in [-0.05, 0) is 42.8 Å². The molecule has 0 aliphatic rings. The molecular weight excluding hydrogens is 226 g/mol. The van der Waals surface area contributed by atoms with Gasteiger partial charge in [0.2, 0.25) is 5.89 Å². The molecule has 0 saturated carbocycles. The predicted molar refractivity (Wildman–Crippen MR) is 70.0 cm³/mol. The highest BCUT2D eigenvalue weighted by atomic mass is 16.3. The predicted octanol–water partition coefficient (Wildman–Crippen LogP) is 2.39. The summed E-state index contributed by atoms with van der Waals surface area (Å²) in [4.78, 5) is 8.54. The van der Waals surface area contributed by atoms with Crippen molar-refractivity contribution in [3.8, 4) is 11.5 Å². The highest BCUT2D eigenvalue weighted by Crippen LogP contribution is 2.23. The van der Waals surface area contributed by atoms with E-state index >= 15 is 0 Å². The zero-order chi connectivity index (χ0) is 12.4. The van der Waals surface area contributed by atoms with Gasteiger partial charge in [-0.15, -0.1) is 0 Å². The van der Waals surface area contributed by atoms with Gasteiger partial charge >= 0.3 is 0 Å². The smallest absolute Gasteiger partial charge is 0.228 e. The SMILES string of the molecule is NCCc1cccc(-c2nc3ncccc3o2)c1. The van der Waals surface area contributed by atoms with Crippen LogP contribution in [0, 0.1) is 0 Å². The van der Waals surface area contributed by atoms with Gasteiger partial charge in [0.05, 0.1) is 0 Å². The Hall–Kier alpha value is -2.20. The van der Waals surface area contributed by atoms with E-state index in [4.69, 9.17) is 10.2 Å². The maximum absolute atomic E-state index is 5.68. The molecule has 4 nitrogen and oxygen atoms in total. The van der Waals surface area contributed by atoms with Gasteiger partial charge in [-0.3, -0.25) is 0 Å². The molecule has 18 heavy (non-hydrogen) atoms. The molecule has 0 spiro atoms. The van der Waals surface area contributed by atoms with Crippen molar-refractivity contribution in [2.75, 3.05) is 6.54 Å². The number of hydrogen-bond acceptors (Lipinski definition) is 4. The van der Waals surface area contributed by atoms with Crippen molar-refractivity contribution < 1.29 is 4.42 Å². The first-order chi connectivity index (χ1) is 8.86. The van der Waals surface area contributed by atoms with E-state index in [1.54, 1.807) is 6.20 Å². The zero-order valence-electron chi connectivity index (χ0n) is 9.84. The molecule has 3 aromatic rings. The lowest BCUT2D eigenvalue weighted by molar-refractivity contribution is 0.619. The molecule has 2 aromatic heterocycles. The van der Waals surface area contributed by atoms with E-state index in [9.17, 15) is 0 Å². The summed E-state index contributed by atoms with van der Waals surface area (Å²) < 4.78 is 5.68. The molecule has 0 aliphatic heterocycles. The minimum Gasteiger partial charge on any atom is -0.434 e. The molecule has 0 atom stereocenters. The fourth-order valence-corrected chi connectivity index (χ4v) is 1.92. The van der Waals surface area contributed by atoms with Crippen molar-refractivity contribution in [3.05, 3.63) is 48.2 Å². The molecule has 0 fully saturated rings. The molecule has 2 N–H and O–H groups in total. The highest BCUT2D eigenvalue weighted by Gasteiger charge is 2.08. The van der Waals surface area contributed by atoms with Crippen LogP contribution in [0.15, 0.2) is 47.0 Å². The van der Waals surface area contributed by atoms with Crippen LogP contribution in [-0.2, 0) is 6.42 Å². The largest absolute Gasteiger partial charge is 0.434 e. The Bertz CT molecular complexity index is 642.